The first kappa shape index (κ1) is 27.0. The lowest BCUT2D eigenvalue weighted by molar-refractivity contribution is -0.166. The zero-order valence-corrected chi connectivity index (χ0v) is 21.9. The Morgan fingerprint density at radius 1 is 1.19 bits per heavy atom. The summed E-state index contributed by atoms with van der Waals surface area (Å²) < 4.78 is 5.81. The largest absolute Gasteiger partial charge is 0.457 e. The second-order valence-electron chi connectivity index (χ2n) is 11.0. The number of aliphatic hydroxyl groups is 2. The summed E-state index contributed by atoms with van der Waals surface area (Å²) in [6, 6.07) is 9.49. The van der Waals surface area contributed by atoms with Gasteiger partial charge in [-0.2, -0.15) is 0 Å². The van der Waals surface area contributed by atoms with Crippen LogP contribution in [0.15, 0.2) is 66.8 Å². The Hall–Kier alpha value is -3.03. The highest BCUT2D eigenvalue weighted by atomic mass is 16.5. The molecule has 9 atom stereocenters. The molecule has 1 saturated carbocycles. The number of rotatable bonds is 3. The normalized spacial score (nSPS) is 41.6. The molecule has 0 bridgehead atoms. The summed E-state index contributed by atoms with van der Waals surface area (Å²) in [4.78, 5) is 39.5. The lowest BCUT2D eigenvalue weighted by Crippen LogP contribution is -2.60. The first-order valence-electron chi connectivity index (χ1n) is 12.9. The quantitative estimate of drug-likeness (QED) is 0.428. The van der Waals surface area contributed by atoms with E-state index >= 15 is 0 Å². The SMILES string of the molecule is C=C1[C@H](C)C2C(Cc3ccccc3)NC(=O)C23[C@H](OC(C)=O)/C=C\[C@@](C)(O)C(=O)C(C)C/C=C/[C@H]3[C@H]1O. The monoisotopic (exact) mass is 507 g/mol. The number of allylic oxidation sites excluding steroid dienone is 1. The molecule has 0 aromatic heterocycles. The van der Waals surface area contributed by atoms with E-state index in [2.05, 4.69) is 11.9 Å². The summed E-state index contributed by atoms with van der Waals surface area (Å²) >= 11 is 0. The Bertz CT molecular complexity index is 1140. The molecule has 1 saturated heterocycles. The number of carbonyl (C=O) groups is 3. The Morgan fingerprint density at radius 3 is 2.51 bits per heavy atom. The van der Waals surface area contributed by atoms with Gasteiger partial charge in [0.15, 0.2) is 5.78 Å². The molecule has 4 rings (SSSR count). The number of benzene rings is 1. The molecule has 7 heteroatoms. The van der Waals surface area contributed by atoms with Crippen LogP contribution < -0.4 is 5.32 Å². The number of ketones is 1. The molecule has 7 nitrogen and oxygen atoms in total. The third-order valence-corrected chi connectivity index (χ3v) is 8.53. The molecular formula is C30H37NO6. The van der Waals surface area contributed by atoms with Gasteiger partial charge in [-0.1, -0.05) is 62.9 Å². The van der Waals surface area contributed by atoms with Gasteiger partial charge in [-0.05, 0) is 49.0 Å². The topological polar surface area (TPSA) is 113 Å². The highest BCUT2D eigenvalue weighted by molar-refractivity contribution is 5.91. The first-order valence-corrected chi connectivity index (χ1v) is 12.9. The van der Waals surface area contributed by atoms with Crippen LogP contribution in [0.2, 0.25) is 0 Å². The molecule has 3 aliphatic rings. The number of hydrogen-bond donors (Lipinski definition) is 3. The van der Waals surface area contributed by atoms with Crippen molar-refractivity contribution in [1.29, 1.82) is 0 Å². The summed E-state index contributed by atoms with van der Waals surface area (Å²) in [5.74, 6) is -3.26. The van der Waals surface area contributed by atoms with E-state index < -0.39 is 46.9 Å². The van der Waals surface area contributed by atoms with E-state index in [1.165, 1.54) is 26.0 Å². The van der Waals surface area contributed by atoms with E-state index in [9.17, 15) is 24.6 Å². The molecule has 1 heterocycles. The van der Waals surface area contributed by atoms with Gasteiger partial charge >= 0.3 is 5.97 Å². The van der Waals surface area contributed by atoms with Crippen LogP contribution in [-0.2, 0) is 25.5 Å². The van der Waals surface area contributed by atoms with Gasteiger partial charge < -0.3 is 20.3 Å². The van der Waals surface area contributed by atoms with Crippen molar-refractivity contribution in [2.45, 2.75) is 64.4 Å². The highest BCUT2D eigenvalue weighted by Crippen LogP contribution is 2.58. The summed E-state index contributed by atoms with van der Waals surface area (Å²) in [7, 11) is 0. The van der Waals surface area contributed by atoms with Crippen molar-refractivity contribution < 1.29 is 29.3 Å². The molecule has 2 fully saturated rings. The molecule has 37 heavy (non-hydrogen) atoms. The van der Waals surface area contributed by atoms with Crippen molar-refractivity contribution in [1.82, 2.24) is 5.32 Å². The molecule has 198 valence electrons. The number of amides is 1. The van der Waals surface area contributed by atoms with E-state index in [-0.39, 0.29) is 23.7 Å². The molecule has 4 unspecified atom stereocenters. The maximum absolute atomic E-state index is 14.2. The molecule has 2 aliphatic carbocycles. The molecule has 0 radical (unpaired) electrons. The van der Waals surface area contributed by atoms with Gasteiger partial charge in [-0.15, -0.1) is 0 Å². The fraction of sp³-hybridized carbons (Fsp3) is 0.500. The second-order valence-corrected chi connectivity index (χ2v) is 11.0. The van der Waals surface area contributed by atoms with Gasteiger partial charge in [-0.25, -0.2) is 0 Å². The fourth-order valence-electron chi connectivity index (χ4n) is 6.68. The fourth-order valence-corrected chi connectivity index (χ4v) is 6.68. The van der Waals surface area contributed by atoms with Crippen molar-refractivity contribution in [3.05, 3.63) is 72.4 Å². The Labute approximate surface area is 218 Å². The standard InChI is InChI=1S/C30H37NO6/c1-17-10-9-13-22-26(33)19(3)18(2)25-23(16-21-11-7-6-8-12-21)31-28(35)30(22,25)24(37-20(4)32)14-15-29(5,36)27(17)34/h6-9,11-15,17-18,22-26,33,36H,3,10,16H2,1-2,4-5H3,(H,31,35)/b13-9+,15-14-/t17?,18-,22-,23?,24+,25?,26-,29+,30?/m0/s1. The summed E-state index contributed by atoms with van der Waals surface area (Å²) in [6.45, 7) is 10.5. The van der Waals surface area contributed by atoms with Crippen molar-refractivity contribution in [3.8, 4) is 0 Å². The minimum Gasteiger partial charge on any atom is -0.457 e. The lowest BCUT2D eigenvalue weighted by Gasteiger charge is -2.52. The van der Waals surface area contributed by atoms with Gasteiger partial charge in [0.25, 0.3) is 0 Å². The zero-order valence-electron chi connectivity index (χ0n) is 21.9. The van der Waals surface area contributed by atoms with Gasteiger partial charge in [0.05, 0.1) is 6.10 Å². The minimum atomic E-state index is -1.82. The minimum absolute atomic E-state index is 0.287. The molecule has 1 spiro atoms. The zero-order chi connectivity index (χ0) is 27.1. The maximum Gasteiger partial charge on any atom is 0.303 e. The Balaban J connectivity index is 1.94. The van der Waals surface area contributed by atoms with E-state index in [0.29, 0.717) is 18.4 Å². The van der Waals surface area contributed by atoms with E-state index in [1.807, 2.05) is 37.3 Å². The maximum atomic E-state index is 14.2. The summed E-state index contributed by atoms with van der Waals surface area (Å²) in [5.41, 5.74) is -1.55. The first-order chi connectivity index (χ1) is 17.4. The van der Waals surface area contributed by atoms with Crippen LogP contribution in [0.25, 0.3) is 0 Å². The van der Waals surface area contributed by atoms with Crippen LogP contribution in [0, 0.1) is 29.1 Å². The summed E-state index contributed by atoms with van der Waals surface area (Å²) in [5, 5.41) is 25.7. The number of carbonyl (C=O) groups excluding carboxylic acids is 3. The van der Waals surface area contributed by atoms with Crippen molar-refractivity contribution in [2.75, 3.05) is 0 Å². The molecule has 3 N–H and O–H groups in total. The van der Waals surface area contributed by atoms with Crippen LogP contribution in [0.1, 0.15) is 39.7 Å². The third kappa shape index (κ3) is 4.59. The number of esters is 1. The smallest absolute Gasteiger partial charge is 0.303 e. The molecule has 1 aromatic rings. The predicted octanol–water partition coefficient (Wildman–Crippen LogP) is 2.92. The van der Waals surface area contributed by atoms with Gasteiger partial charge in [0, 0.05) is 30.7 Å². The van der Waals surface area contributed by atoms with Crippen LogP contribution in [-0.4, -0.2) is 51.7 Å². The number of Topliss-reactive ketones (excluding diaryl/α,β-unsaturated/α-hetero) is 1. The second kappa shape index (κ2) is 10.0. The van der Waals surface area contributed by atoms with Crippen LogP contribution >= 0.6 is 0 Å². The highest BCUT2D eigenvalue weighted by Gasteiger charge is 2.68. The van der Waals surface area contributed by atoms with Crippen molar-refractivity contribution >= 4 is 17.7 Å². The predicted molar refractivity (Wildman–Crippen MR) is 139 cm³/mol. The van der Waals surface area contributed by atoms with Crippen LogP contribution in [0.3, 0.4) is 0 Å². The molecule has 1 aliphatic heterocycles. The average molecular weight is 508 g/mol. The third-order valence-electron chi connectivity index (χ3n) is 8.53. The molecule has 1 amide bonds. The van der Waals surface area contributed by atoms with Crippen LogP contribution in [0.4, 0.5) is 0 Å². The number of aliphatic hydroxyl groups excluding tert-OH is 1. The molecular weight excluding hydrogens is 470 g/mol. The average Bonchev–Trinajstić information content (AvgIpc) is 3.13. The van der Waals surface area contributed by atoms with Crippen LogP contribution in [0.5, 0.6) is 0 Å². The summed E-state index contributed by atoms with van der Waals surface area (Å²) in [6.07, 6.45) is 5.01. The lowest BCUT2D eigenvalue weighted by atomic mass is 9.51. The number of hydrogen-bond acceptors (Lipinski definition) is 6. The van der Waals surface area contributed by atoms with E-state index in [1.54, 1.807) is 19.1 Å². The Morgan fingerprint density at radius 2 is 1.86 bits per heavy atom. The molecule has 1 aromatic carbocycles. The van der Waals surface area contributed by atoms with E-state index in [4.69, 9.17) is 4.74 Å². The van der Waals surface area contributed by atoms with Crippen molar-refractivity contribution in [3.63, 3.8) is 0 Å². The number of ether oxygens (including phenoxy) is 1. The number of nitrogens with one attached hydrogen (secondary N) is 1. The van der Waals surface area contributed by atoms with Gasteiger partial charge in [0.2, 0.25) is 5.91 Å². The Kier molecular flexibility index (Phi) is 7.32. The van der Waals surface area contributed by atoms with E-state index in [0.717, 1.165) is 5.56 Å². The van der Waals surface area contributed by atoms with Gasteiger partial charge in [0.1, 0.15) is 17.1 Å². The van der Waals surface area contributed by atoms with Gasteiger partial charge in [-0.3, -0.25) is 14.4 Å². The van der Waals surface area contributed by atoms with Crippen molar-refractivity contribution in [2.24, 2.45) is 29.1 Å².